The molecule has 2 nitrogen and oxygen atoms in total. The Morgan fingerprint density at radius 2 is 1.88 bits per heavy atom. The molecule has 16 heavy (non-hydrogen) atoms. The number of pyridine rings is 1. The molecule has 0 atom stereocenters. The average Bonchev–Trinajstić information content (AvgIpc) is 2.30. The summed E-state index contributed by atoms with van der Waals surface area (Å²) in [7, 11) is 0. The van der Waals surface area contributed by atoms with Crippen molar-refractivity contribution in [2.45, 2.75) is 50.8 Å². The van der Waals surface area contributed by atoms with Crippen LogP contribution in [0.5, 0.6) is 5.75 Å². The quantitative estimate of drug-likeness (QED) is 0.589. The van der Waals surface area contributed by atoms with E-state index >= 15 is 0 Å². The van der Waals surface area contributed by atoms with Crippen LogP contribution in [-0.2, 0) is 0 Å². The molecule has 0 aromatic carbocycles. The van der Waals surface area contributed by atoms with E-state index in [1.165, 1.54) is 43.8 Å². The van der Waals surface area contributed by atoms with Crippen molar-refractivity contribution in [3.05, 3.63) is 18.3 Å². The molecule has 1 aromatic heterocycles. The molecule has 0 fully saturated rings. The Morgan fingerprint density at radius 1 is 1.12 bits per heavy atom. The van der Waals surface area contributed by atoms with Crippen LogP contribution in [0, 0.1) is 0 Å². The molecule has 0 aliphatic heterocycles. The third kappa shape index (κ3) is 6.14. The summed E-state index contributed by atoms with van der Waals surface area (Å²) in [6.07, 6.45) is 9.70. The van der Waals surface area contributed by atoms with Crippen LogP contribution < -0.4 is 4.59 Å². The summed E-state index contributed by atoms with van der Waals surface area (Å²) in [5.74, 6) is 0.263. The Kier molecular flexibility index (Phi) is 7.28. The maximum absolute atomic E-state index is 9.09. The van der Waals surface area contributed by atoms with Crippen molar-refractivity contribution in [1.29, 1.82) is 0 Å². The van der Waals surface area contributed by atoms with Gasteiger partial charge < -0.3 is 0 Å². The van der Waals surface area contributed by atoms with E-state index in [-0.39, 0.29) is 5.75 Å². The van der Waals surface area contributed by atoms with Crippen LogP contribution in [0.3, 0.4) is 0 Å². The second-order valence-corrected chi connectivity index (χ2v) is 6.31. The van der Waals surface area contributed by atoms with Crippen molar-refractivity contribution < 1.29 is 5.11 Å². The molecule has 1 rings (SSSR count). The number of hydrogen-bond acceptors (Lipinski definition) is 2. The molecule has 0 spiro atoms. The topological polar surface area (TPSA) is 33.1 Å². The number of nitrogens with zero attached hydrogens (tertiary/aromatic N) is 1. The summed E-state index contributed by atoms with van der Waals surface area (Å²) in [6, 6.07) is 3.66. The number of rotatable bonds is 8. The predicted octanol–water partition coefficient (Wildman–Crippen LogP) is 2.90. The monoisotopic (exact) mass is 287 g/mol. The van der Waals surface area contributed by atoms with E-state index in [9.17, 15) is 0 Å². The predicted molar refractivity (Wildman–Crippen MR) is 69.5 cm³/mol. The van der Waals surface area contributed by atoms with E-state index < -0.39 is 0 Å². The Morgan fingerprint density at radius 3 is 2.56 bits per heavy atom. The number of aromatic nitrogens is 1. The van der Waals surface area contributed by atoms with Gasteiger partial charge in [-0.3, -0.25) is 0 Å². The van der Waals surface area contributed by atoms with Gasteiger partial charge in [0.05, 0.1) is 0 Å². The van der Waals surface area contributed by atoms with Crippen LogP contribution in [0.1, 0.15) is 45.4 Å². The maximum atomic E-state index is 9.09. The van der Waals surface area contributed by atoms with Crippen LogP contribution >= 0.6 is 0 Å². The van der Waals surface area contributed by atoms with Gasteiger partial charge in [-0.2, -0.15) is 0 Å². The van der Waals surface area contributed by atoms with Crippen LogP contribution in [0.25, 0.3) is 0 Å². The third-order valence-corrected chi connectivity index (χ3v) is 4.63. The molecule has 0 unspecified atom stereocenters. The molecular formula is C13H21NOSe. The molecule has 1 N–H and O–H groups in total. The summed E-state index contributed by atoms with van der Waals surface area (Å²) in [6.45, 7) is 2.25. The molecule has 1 heterocycles. The van der Waals surface area contributed by atoms with E-state index in [0.717, 1.165) is 4.59 Å². The Balaban J connectivity index is 2.01. The van der Waals surface area contributed by atoms with E-state index in [1.54, 1.807) is 12.3 Å². The first-order valence-corrected chi connectivity index (χ1v) is 8.17. The van der Waals surface area contributed by atoms with Crippen molar-refractivity contribution >= 4 is 19.5 Å². The zero-order valence-electron chi connectivity index (χ0n) is 9.98. The molecular weight excluding hydrogens is 265 g/mol. The summed E-state index contributed by atoms with van der Waals surface area (Å²) >= 11 is 0.485. The number of unbranched alkanes of at least 4 members (excludes halogenated alkanes) is 5. The van der Waals surface area contributed by atoms with Gasteiger partial charge in [-0.25, -0.2) is 0 Å². The second-order valence-electron chi connectivity index (χ2n) is 3.97. The van der Waals surface area contributed by atoms with Crippen LogP contribution in [0.4, 0.5) is 0 Å². The van der Waals surface area contributed by atoms with Gasteiger partial charge in [-0.05, 0) is 0 Å². The Labute approximate surface area is 105 Å². The van der Waals surface area contributed by atoms with E-state index in [4.69, 9.17) is 5.11 Å². The summed E-state index contributed by atoms with van der Waals surface area (Å²) in [5, 5.41) is 10.4. The zero-order valence-corrected chi connectivity index (χ0v) is 11.7. The molecule has 0 radical (unpaired) electrons. The van der Waals surface area contributed by atoms with Gasteiger partial charge in [0.15, 0.2) is 0 Å². The standard InChI is InChI=1S/C13H21NOSe/c1-2-3-4-5-6-7-10-16-13-9-8-12(15)11-14-13/h8-9,11,15H,2-7,10H2,1H3. The molecule has 0 bridgehead atoms. The van der Waals surface area contributed by atoms with Crippen molar-refractivity contribution in [1.82, 2.24) is 4.98 Å². The van der Waals surface area contributed by atoms with E-state index in [1.807, 2.05) is 6.07 Å². The molecule has 0 saturated heterocycles. The minimum atomic E-state index is 0.263. The van der Waals surface area contributed by atoms with Gasteiger partial charge in [-0.15, -0.1) is 0 Å². The van der Waals surface area contributed by atoms with Crippen molar-refractivity contribution in [3.63, 3.8) is 0 Å². The van der Waals surface area contributed by atoms with Gasteiger partial charge in [0.2, 0.25) is 0 Å². The fourth-order valence-corrected chi connectivity index (χ4v) is 3.30. The molecule has 90 valence electrons. The molecule has 0 amide bonds. The Bertz CT molecular complexity index is 274. The number of aromatic hydroxyl groups is 1. The molecule has 0 saturated carbocycles. The fourth-order valence-electron chi connectivity index (χ4n) is 1.52. The van der Waals surface area contributed by atoms with Gasteiger partial charge in [-0.1, -0.05) is 0 Å². The van der Waals surface area contributed by atoms with Crippen molar-refractivity contribution in [2.24, 2.45) is 0 Å². The molecule has 0 aliphatic carbocycles. The first-order chi connectivity index (χ1) is 7.83. The van der Waals surface area contributed by atoms with Crippen LogP contribution in [0.2, 0.25) is 5.32 Å². The average molecular weight is 286 g/mol. The normalized spacial score (nSPS) is 10.6. The minimum absolute atomic E-state index is 0.263. The molecule has 1 aromatic rings. The fraction of sp³-hybridized carbons (Fsp3) is 0.615. The van der Waals surface area contributed by atoms with Crippen LogP contribution in [0.15, 0.2) is 18.3 Å². The van der Waals surface area contributed by atoms with Crippen LogP contribution in [-0.4, -0.2) is 25.0 Å². The van der Waals surface area contributed by atoms with Crippen molar-refractivity contribution in [3.8, 4) is 5.75 Å². The van der Waals surface area contributed by atoms with Gasteiger partial charge in [0, 0.05) is 0 Å². The second kappa shape index (κ2) is 8.60. The summed E-state index contributed by atoms with van der Waals surface area (Å²) in [4.78, 5) is 4.20. The number of hydrogen-bond donors (Lipinski definition) is 1. The zero-order chi connectivity index (χ0) is 11.6. The SMILES string of the molecule is CCCCCCCC[Se]c1ccc(O)cn1. The molecule has 3 heteroatoms. The van der Waals surface area contributed by atoms with Gasteiger partial charge in [0.25, 0.3) is 0 Å². The third-order valence-electron chi connectivity index (χ3n) is 2.47. The van der Waals surface area contributed by atoms with Gasteiger partial charge in [0.1, 0.15) is 0 Å². The summed E-state index contributed by atoms with van der Waals surface area (Å²) in [5.41, 5.74) is 0. The van der Waals surface area contributed by atoms with Crippen molar-refractivity contribution in [2.75, 3.05) is 0 Å². The molecule has 0 aliphatic rings. The first kappa shape index (κ1) is 13.5. The van der Waals surface area contributed by atoms with E-state index in [2.05, 4.69) is 11.9 Å². The Hall–Kier alpha value is -0.531. The first-order valence-electron chi connectivity index (χ1n) is 6.10. The van der Waals surface area contributed by atoms with Gasteiger partial charge >= 0.3 is 104 Å². The van der Waals surface area contributed by atoms with E-state index in [0.29, 0.717) is 15.0 Å². The summed E-state index contributed by atoms with van der Waals surface area (Å²) < 4.78 is 1.15.